The van der Waals surface area contributed by atoms with E-state index in [2.05, 4.69) is 51.9 Å². The number of nitrogens with one attached hydrogen (secondary N) is 1. The van der Waals surface area contributed by atoms with Gasteiger partial charge in [-0.3, -0.25) is 9.97 Å². The molecule has 0 bridgehead atoms. The second-order valence-electron chi connectivity index (χ2n) is 7.92. The Kier molecular flexibility index (Phi) is 5.40. The third-order valence-electron chi connectivity index (χ3n) is 5.62. The number of rotatable bonds is 7. The van der Waals surface area contributed by atoms with Crippen LogP contribution in [-0.2, 0) is 6.42 Å². The van der Waals surface area contributed by atoms with Gasteiger partial charge in [0.15, 0.2) is 0 Å². The predicted molar refractivity (Wildman–Crippen MR) is 131 cm³/mol. The molecule has 3 N–H and O–H groups in total. The average molecular weight is 421 g/mol. The summed E-state index contributed by atoms with van der Waals surface area (Å²) in [4.78, 5) is 12.0. The first-order valence-corrected chi connectivity index (χ1v) is 10.6. The van der Waals surface area contributed by atoms with Gasteiger partial charge in [-0.05, 0) is 53.3 Å². The van der Waals surface area contributed by atoms with E-state index in [1.54, 1.807) is 12.3 Å². The molecule has 0 radical (unpaired) electrons. The maximum absolute atomic E-state index is 6.37. The van der Waals surface area contributed by atoms with Gasteiger partial charge in [-0.2, -0.15) is 0 Å². The van der Waals surface area contributed by atoms with Gasteiger partial charge in [0, 0.05) is 46.5 Å². The fourth-order valence-corrected chi connectivity index (χ4v) is 3.95. The van der Waals surface area contributed by atoms with Gasteiger partial charge in [0.2, 0.25) is 0 Å². The monoisotopic (exact) mass is 420 g/mol. The summed E-state index contributed by atoms with van der Waals surface area (Å²) in [6.45, 7) is 4.22. The molecule has 0 saturated heterocycles. The van der Waals surface area contributed by atoms with Crippen molar-refractivity contribution in [2.24, 2.45) is 5.73 Å². The molecule has 5 aromatic rings. The second kappa shape index (κ2) is 8.65. The molecule has 0 aliphatic carbocycles. The Hall–Kier alpha value is -3.96. The average Bonchev–Trinajstić information content (AvgIpc) is 3.25. The smallest absolute Gasteiger partial charge is 0.138 e. The zero-order valence-electron chi connectivity index (χ0n) is 17.7. The van der Waals surface area contributed by atoms with E-state index in [4.69, 9.17) is 10.5 Å². The van der Waals surface area contributed by atoms with Crippen molar-refractivity contribution in [2.45, 2.75) is 12.5 Å². The molecule has 5 nitrogen and oxygen atoms in total. The second-order valence-corrected chi connectivity index (χ2v) is 7.92. The highest BCUT2D eigenvalue weighted by Gasteiger charge is 2.10. The molecule has 0 aliphatic heterocycles. The fraction of sp³-hybridized carbons (Fsp3) is 0.111. The van der Waals surface area contributed by atoms with Crippen molar-refractivity contribution in [2.75, 3.05) is 6.61 Å². The summed E-state index contributed by atoms with van der Waals surface area (Å²) in [5.74, 6) is 0.707. The highest BCUT2D eigenvalue weighted by Crippen LogP contribution is 2.27. The Labute approximate surface area is 186 Å². The standard InChI is InChI=1S/C27H24N4O/c1-2-24-11-20-9-18(7-8-19(20)14-30-24)21-12-25(16-29-13-21)32-17-23(28)10-22-15-31-27-6-4-3-5-26(22)27/h2-9,11-16,23,31H,1,10,17,28H2/t23-/m0/s1. The number of aromatic amines is 1. The number of H-pyrrole nitrogens is 1. The molecule has 32 heavy (non-hydrogen) atoms. The van der Waals surface area contributed by atoms with Crippen molar-refractivity contribution in [1.82, 2.24) is 15.0 Å². The normalized spacial score (nSPS) is 12.2. The van der Waals surface area contributed by atoms with E-state index in [9.17, 15) is 0 Å². The van der Waals surface area contributed by atoms with E-state index < -0.39 is 0 Å². The Morgan fingerprint density at radius 2 is 1.91 bits per heavy atom. The first-order chi connectivity index (χ1) is 15.7. The first-order valence-electron chi connectivity index (χ1n) is 10.6. The van der Waals surface area contributed by atoms with Crippen molar-refractivity contribution in [1.29, 1.82) is 0 Å². The fourth-order valence-electron chi connectivity index (χ4n) is 3.95. The SMILES string of the molecule is C=Cc1cc2cc(-c3cncc(OC[C@@H](N)Cc4c[nH]c5ccccc45)c3)ccc2cn1. The van der Waals surface area contributed by atoms with Crippen molar-refractivity contribution in [3.63, 3.8) is 0 Å². The first kappa shape index (κ1) is 20.0. The number of hydrogen-bond acceptors (Lipinski definition) is 4. The number of benzene rings is 2. The highest BCUT2D eigenvalue weighted by molar-refractivity contribution is 5.88. The molecule has 0 spiro atoms. The number of nitrogens with zero attached hydrogens (tertiary/aromatic N) is 2. The molecule has 5 heteroatoms. The predicted octanol–water partition coefficient (Wildman–Crippen LogP) is 5.37. The van der Waals surface area contributed by atoms with Gasteiger partial charge in [0.05, 0.1) is 11.9 Å². The molecule has 3 aromatic heterocycles. The van der Waals surface area contributed by atoms with Crippen molar-refractivity contribution >= 4 is 27.8 Å². The minimum atomic E-state index is -0.122. The Morgan fingerprint density at radius 3 is 2.81 bits per heavy atom. The van der Waals surface area contributed by atoms with Gasteiger partial charge in [0.25, 0.3) is 0 Å². The number of pyridine rings is 2. The number of hydrogen-bond donors (Lipinski definition) is 2. The molecule has 1 atom stereocenters. The van der Waals surface area contributed by atoms with E-state index in [0.717, 1.165) is 39.5 Å². The molecule has 0 fully saturated rings. The lowest BCUT2D eigenvalue weighted by Crippen LogP contribution is -2.30. The quantitative estimate of drug-likeness (QED) is 0.371. The molecular formula is C27H24N4O. The maximum Gasteiger partial charge on any atom is 0.138 e. The van der Waals surface area contributed by atoms with Crippen LogP contribution in [0.25, 0.3) is 38.9 Å². The largest absolute Gasteiger partial charge is 0.490 e. The summed E-state index contributed by atoms with van der Waals surface area (Å²) in [5.41, 5.74) is 11.6. The lowest BCUT2D eigenvalue weighted by Gasteiger charge is -2.13. The third-order valence-corrected chi connectivity index (χ3v) is 5.62. The summed E-state index contributed by atoms with van der Waals surface area (Å²) >= 11 is 0. The summed E-state index contributed by atoms with van der Waals surface area (Å²) in [6.07, 6.45) is 9.95. The van der Waals surface area contributed by atoms with Crippen LogP contribution in [0.4, 0.5) is 0 Å². The zero-order chi connectivity index (χ0) is 21.9. The van der Waals surface area contributed by atoms with Crippen molar-refractivity contribution < 1.29 is 4.74 Å². The molecule has 0 unspecified atom stereocenters. The number of para-hydroxylation sites is 1. The van der Waals surface area contributed by atoms with E-state index in [1.165, 1.54) is 10.9 Å². The van der Waals surface area contributed by atoms with E-state index in [1.807, 2.05) is 42.9 Å². The Balaban J connectivity index is 1.30. The summed E-state index contributed by atoms with van der Waals surface area (Å²) in [7, 11) is 0. The molecule has 0 amide bonds. The zero-order valence-corrected chi connectivity index (χ0v) is 17.7. The maximum atomic E-state index is 6.37. The lowest BCUT2D eigenvalue weighted by atomic mass is 10.0. The van der Waals surface area contributed by atoms with E-state index in [-0.39, 0.29) is 6.04 Å². The lowest BCUT2D eigenvalue weighted by molar-refractivity contribution is 0.287. The summed E-state index contributed by atoms with van der Waals surface area (Å²) < 4.78 is 5.99. The Bertz CT molecular complexity index is 1410. The molecule has 2 aromatic carbocycles. The highest BCUT2D eigenvalue weighted by atomic mass is 16.5. The molecule has 5 rings (SSSR count). The number of ether oxygens (including phenoxy) is 1. The summed E-state index contributed by atoms with van der Waals surface area (Å²) in [6, 6.07) is 18.4. The number of aromatic nitrogens is 3. The van der Waals surface area contributed by atoms with Crippen LogP contribution in [0.15, 0.2) is 86.0 Å². The van der Waals surface area contributed by atoms with Gasteiger partial charge >= 0.3 is 0 Å². The van der Waals surface area contributed by atoms with Gasteiger partial charge < -0.3 is 15.5 Å². The van der Waals surface area contributed by atoms with Crippen LogP contribution in [-0.4, -0.2) is 27.6 Å². The molecular weight excluding hydrogens is 396 g/mol. The molecule has 0 saturated carbocycles. The van der Waals surface area contributed by atoms with Crippen LogP contribution in [0.3, 0.4) is 0 Å². The van der Waals surface area contributed by atoms with Gasteiger partial charge in [-0.15, -0.1) is 0 Å². The minimum absolute atomic E-state index is 0.122. The van der Waals surface area contributed by atoms with Crippen LogP contribution in [0, 0.1) is 0 Å². The van der Waals surface area contributed by atoms with Crippen LogP contribution in [0.1, 0.15) is 11.3 Å². The molecule has 3 heterocycles. The molecule has 0 aliphatic rings. The van der Waals surface area contributed by atoms with Gasteiger partial charge in [-0.1, -0.05) is 36.9 Å². The minimum Gasteiger partial charge on any atom is -0.490 e. The van der Waals surface area contributed by atoms with E-state index >= 15 is 0 Å². The van der Waals surface area contributed by atoms with Crippen molar-refractivity contribution in [3.8, 4) is 16.9 Å². The Morgan fingerprint density at radius 1 is 1.00 bits per heavy atom. The number of nitrogens with two attached hydrogens (primary N) is 1. The van der Waals surface area contributed by atoms with Crippen LogP contribution in [0.2, 0.25) is 0 Å². The van der Waals surface area contributed by atoms with Crippen LogP contribution in [0.5, 0.6) is 5.75 Å². The summed E-state index contributed by atoms with van der Waals surface area (Å²) in [5, 5.41) is 3.40. The van der Waals surface area contributed by atoms with Crippen molar-refractivity contribution in [3.05, 3.63) is 97.2 Å². The molecule has 158 valence electrons. The van der Waals surface area contributed by atoms with Gasteiger partial charge in [-0.25, -0.2) is 0 Å². The van der Waals surface area contributed by atoms with Crippen LogP contribution < -0.4 is 10.5 Å². The topological polar surface area (TPSA) is 76.8 Å². The third kappa shape index (κ3) is 4.11. The van der Waals surface area contributed by atoms with Gasteiger partial charge in [0.1, 0.15) is 12.4 Å². The van der Waals surface area contributed by atoms with Crippen LogP contribution >= 0.6 is 0 Å². The number of fused-ring (bicyclic) bond motifs is 2. The van der Waals surface area contributed by atoms with E-state index in [0.29, 0.717) is 12.4 Å².